The van der Waals surface area contributed by atoms with E-state index in [4.69, 9.17) is 4.74 Å². The SMILES string of the molecule is CCCC(C(=O)OCC)N1CC(O)(C2CC2)C1. The van der Waals surface area contributed by atoms with Crippen LogP contribution >= 0.6 is 0 Å². The standard InChI is InChI=1S/C13H23NO3/c1-3-5-11(12(15)17-4-2)14-8-13(16,9-14)10-6-7-10/h10-11,16H,3-9H2,1-2H3. The molecule has 0 bridgehead atoms. The van der Waals surface area contributed by atoms with Gasteiger partial charge >= 0.3 is 5.97 Å². The van der Waals surface area contributed by atoms with E-state index in [1.165, 1.54) is 0 Å². The molecule has 2 aliphatic rings. The summed E-state index contributed by atoms with van der Waals surface area (Å²) in [5.74, 6) is 0.343. The lowest BCUT2D eigenvalue weighted by atomic mass is 9.86. The third-order valence-corrected chi connectivity index (χ3v) is 3.85. The Labute approximate surface area is 103 Å². The number of hydrogen-bond donors (Lipinski definition) is 1. The molecule has 0 spiro atoms. The summed E-state index contributed by atoms with van der Waals surface area (Å²) in [5.41, 5.74) is -0.515. The average molecular weight is 241 g/mol. The molecule has 0 amide bonds. The van der Waals surface area contributed by atoms with Gasteiger partial charge in [0.05, 0.1) is 12.2 Å². The van der Waals surface area contributed by atoms with Gasteiger partial charge in [-0.1, -0.05) is 13.3 Å². The molecule has 1 N–H and O–H groups in total. The van der Waals surface area contributed by atoms with Crippen LogP contribution in [0, 0.1) is 5.92 Å². The average Bonchev–Trinajstić information content (AvgIpc) is 3.06. The number of carbonyl (C=O) groups excluding carboxylic acids is 1. The molecular formula is C13H23NO3. The Balaban J connectivity index is 1.87. The summed E-state index contributed by atoms with van der Waals surface area (Å²) in [4.78, 5) is 13.9. The van der Waals surface area contributed by atoms with Crippen molar-refractivity contribution in [1.82, 2.24) is 4.90 Å². The van der Waals surface area contributed by atoms with Crippen LogP contribution < -0.4 is 0 Å². The van der Waals surface area contributed by atoms with E-state index in [2.05, 4.69) is 11.8 Å². The van der Waals surface area contributed by atoms with E-state index in [-0.39, 0.29) is 12.0 Å². The highest BCUT2D eigenvalue weighted by molar-refractivity contribution is 5.76. The van der Waals surface area contributed by atoms with Crippen LogP contribution in [0.25, 0.3) is 0 Å². The number of β-amino-alcohol motifs (C(OH)–C–C–N with tert-alkyl or cyclic N) is 1. The van der Waals surface area contributed by atoms with Crippen LogP contribution in [0.15, 0.2) is 0 Å². The molecule has 4 heteroatoms. The molecular weight excluding hydrogens is 218 g/mol. The molecule has 0 aromatic heterocycles. The highest BCUT2D eigenvalue weighted by atomic mass is 16.5. The molecule has 1 aliphatic heterocycles. The van der Waals surface area contributed by atoms with E-state index in [0.717, 1.165) is 25.7 Å². The molecule has 1 saturated heterocycles. The molecule has 1 atom stereocenters. The molecule has 4 nitrogen and oxygen atoms in total. The first-order chi connectivity index (χ1) is 8.10. The van der Waals surface area contributed by atoms with Crippen molar-refractivity contribution in [2.45, 2.75) is 51.2 Å². The van der Waals surface area contributed by atoms with Gasteiger partial charge in [-0.2, -0.15) is 0 Å². The first-order valence-electron chi connectivity index (χ1n) is 6.73. The van der Waals surface area contributed by atoms with Crippen molar-refractivity contribution in [1.29, 1.82) is 0 Å². The molecule has 0 aromatic rings. The number of nitrogens with zero attached hydrogens (tertiary/aromatic N) is 1. The van der Waals surface area contributed by atoms with Crippen molar-refractivity contribution in [2.75, 3.05) is 19.7 Å². The van der Waals surface area contributed by atoms with Crippen LogP contribution in [0.3, 0.4) is 0 Å². The topological polar surface area (TPSA) is 49.8 Å². The van der Waals surface area contributed by atoms with Gasteiger partial charge in [-0.15, -0.1) is 0 Å². The van der Waals surface area contributed by atoms with Gasteiger partial charge in [0, 0.05) is 13.1 Å². The summed E-state index contributed by atoms with van der Waals surface area (Å²) in [6.45, 7) is 5.61. The Hall–Kier alpha value is -0.610. The van der Waals surface area contributed by atoms with Crippen molar-refractivity contribution >= 4 is 5.97 Å². The minimum Gasteiger partial charge on any atom is -0.465 e. The molecule has 1 saturated carbocycles. The predicted octanol–water partition coefficient (Wildman–Crippen LogP) is 1.17. The van der Waals surface area contributed by atoms with Gasteiger partial charge in [-0.05, 0) is 32.1 Å². The molecule has 98 valence electrons. The van der Waals surface area contributed by atoms with E-state index in [1.807, 2.05) is 6.92 Å². The molecule has 1 aliphatic carbocycles. The Morgan fingerprint density at radius 2 is 2.12 bits per heavy atom. The monoisotopic (exact) mass is 241 g/mol. The van der Waals surface area contributed by atoms with Crippen LogP contribution in [-0.2, 0) is 9.53 Å². The lowest BCUT2D eigenvalue weighted by molar-refractivity contribution is -0.167. The van der Waals surface area contributed by atoms with Gasteiger partial charge in [0.1, 0.15) is 6.04 Å². The van der Waals surface area contributed by atoms with Crippen LogP contribution in [0.1, 0.15) is 39.5 Å². The minimum atomic E-state index is -0.515. The van der Waals surface area contributed by atoms with Crippen molar-refractivity contribution in [3.05, 3.63) is 0 Å². The fraction of sp³-hybridized carbons (Fsp3) is 0.923. The van der Waals surface area contributed by atoms with E-state index in [0.29, 0.717) is 25.6 Å². The zero-order valence-electron chi connectivity index (χ0n) is 10.8. The van der Waals surface area contributed by atoms with Gasteiger partial charge in [0.15, 0.2) is 0 Å². The van der Waals surface area contributed by atoms with Crippen LogP contribution in [0.5, 0.6) is 0 Å². The molecule has 17 heavy (non-hydrogen) atoms. The maximum atomic E-state index is 11.8. The molecule has 0 aromatic carbocycles. The first kappa shape index (κ1) is 12.8. The van der Waals surface area contributed by atoms with Gasteiger partial charge in [-0.25, -0.2) is 0 Å². The normalized spacial score (nSPS) is 25.1. The number of ether oxygens (including phenoxy) is 1. The third kappa shape index (κ3) is 2.63. The summed E-state index contributed by atoms with van der Waals surface area (Å²) in [6.07, 6.45) is 4.06. The quantitative estimate of drug-likeness (QED) is 0.709. The third-order valence-electron chi connectivity index (χ3n) is 3.85. The largest absolute Gasteiger partial charge is 0.465 e. The first-order valence-corrected chi connectivity index (χ1v) is 6.73. The van der Waals surface area contributed by atoms with Crippen LogP contribution in [0.2, 0.25) is 0 Å². The number of hydrogen-bond acceptors (Lipinski definition) is 4. The fourth-order valence-electron chi connectivity index (χ4n) is 2.72. The molecule has 2 fully saturated rings. The van der Waals surface area contributed by atoms with Gasteiger partial charge in [-0.3, -0.25) is 9.69 Å². The Morgan fingerprint density at radius 1 is 1.47 bits per heavy atom. The fourth-order valence-corrected chi connectivity index (χ4v) is 2.72. The summed E-state index contributed by atoms with van der Waals surface area (Å²) in [7, 11) is 0. The molecule has 2 rings (SSSR count). The summed E-state index contributed by atoms with van der Waals surface area (Å²) < 4.78 is 5.10. The van der Waals surface area contributed by atoms with Gasteiger partial charge in [0.25, 0.3) is 0 Å². The van der Waals surface area contributed by atoms with Crippen molar-refractivity contribution < 1.29 is 14.6 Å². The summed E-state index contributed by atoms with van der Waals surface area (Å²) in [5, 5.41) is 10.3. The number of aliphatic hydroxyl groups is 1. The second-order valence-corrected chi connectivity index (χ2v) is 5.34. The highest BCUT2D eigenvalue weighted by Crippen LogP contribution is 2.45. The van der Waals surface area contributed by atoms with Gasteiger partial charge < -0.3 is 9.84 Å². The number of rotatable bonds is 6. The molecule has 1 heterocycles. The van der Waals surface area contributed by atoms with Crippen molar-refractivity contribution in [2.24, 2.45) is 5.92 Å². The highest BCUT2D eigenvalue weighted by Gasteiger charge is 2.54. The Bertz CT molecular complexity index is 282. The second kappa shape index (κ2) is 4.94. The van der Waals surface area contributed by atoms with E-state index in [9.17, 15) is 9.90 Å². The minimum absolute atomic E-state index is 0.132. The molecule has 1 unspecified atom stereocenters. The van der Waals surface area contributed by atoms with Crippen LogP contribution in [-0.4, -0.2) is 47.3 Å². The predicted molar refractivity (Wildman–Crippen MR) is 64.6 cm³/mol. The van der Waals surface area contributed by atoms with E-state index < -0.39 is 5.60 Å². The lowest BCUT2D eigenvalue weighted by Gasteiger charge is -2.49. The van der Waals surface area contributed by atoms with Gasteiger partial charge in [0.2, 0.25) is 0 Å². The number of esters is 1. The zero-order valence-corrected chi connectivity index (χ0v) is 10.8. The summed E-state index contributed by atoms with van der Waals surface area (Å²) >= 11 is 0. The molecule has 0 radical (unpaired) electrons. The Morgan fingerprint density at radius 3 is 2.59 bits per heavy atom. The van der Waals surface area contributed by atoms with E-state index >= 15 is 0 Å². The number of carbonyl (C=O) groups is 1. The smallest absolute Gasteiger partial charge is 0.323 e. The Kier molecular flexibility index (Phi) is 3.73. The van der Waals surface area contributed by atoms with Crippen LogP contribution in [0.4, 0.5) is 0 Å². The zero-order chi connectivity index (χ0) is 12.5. The number of likely N-dealkylation sites (tertiary alicyclic amines) is 1. The lowest BCUT2D eigenvalue weighted by Crippen LogP contribution is -2.67. The maximum Gasteiger partial charge on any atom is 0.323 e. The maximum absolute atomic E-state index is 11.8. The second-order valence-electron chi connectivity index (χ2n) is 5.34. The van der Waals surface area contributed by atoms with Crippen molar-refractivity contribution in [3.8, 4) is 0 Å². The summed E-state index contributed by atoms with van der Waals surface area (Å²) in [6, 6.07) is -0.154. The van der Waals surface area contributed by atoms with Crippen molar-refractivity contribution in [3.63, 3.8) is 0 Å². The van der Waals surface area contributed by atoms with E-state index in [1.54, 1.807) is 0 Å².